The Bertz CT molecular complexity index is 517. The highest BCUT2D eigenvalue weighted by molar-refractivity contribution is 6.00. The van der Waals surface area contributed by atoms with Gasteiger partial charge in [0.25, 0.3) is 0 Å². The second kappa shape index (κ2) is 9.96. The number of methoxy groups -OCH3 is 1. The summed E-state index contributed by atoms with van der Waals surface area (Å²) in [4.78, 5) is 25.1. The van der Waals surface area contributed by atoms with E-state index < -0.39 is 17.4 Å². The standard InChI is InChI=1S/C19H28O5/c1-5-8-9-14-23-17(20)19(6-2,7-3)18(21)24-16-12-10-15(22-4)11-13-16/h10-13H,5-9,14H2,1-4H3. The van der Waals surface area contributed by atoms with Crippen LogP contribution in [0.1, 0.15) is 52.9 Å². The fourth-order valence-corrected chi connectivity index (χ4v) is 2.41. The zero-order chi connectivity index (χ0) is 18.0. The molecule has 0 amide bonds. The van der Waals surface area contributed by atoms with Gasteiger partial charge in [-0.05, 0) is 43.5 Å². The molecule has 0 N–H and O–H groups in total. The van der Waals surface area contributed by atoms with Gasteiger partial charge in [-0.3, -0.25) is 9.59 Å². The van der Waals surface area contributed by atoms with E-state index in [0.29, 0.717) is 30.9 Å². The third-order valence-electron chi connectivity index (χ3n) is 4.24. The molecule has 0 atom stereocenters. The topological polar surface area (TPSA) is 61.8 Å². The van der Waals surface area contributed by atoms with E-state index in [1.165, 1.54) is 0 Å². The van der Waals surface area contributed by atoms with Crippen molar-refractivity contribution in [3.63, 3.8) is 0 Å². The third-order valence-corrected chi connectivity index (χ3v) is 4.24. The number of carbonyl (C=O) groups excluding carboxylic acids is 2. The minimum absolute atomic E-state index is 0.338. The first-order chi connectivity index (χ1) is 11.5. The monoisotopic (exact) mass is 336 g/mol. The predicted molar refractivity (Wildman–Crippen MR) is 92.1 cm³/mol. The molecule has 0 unspecified atom stereocenters. The summed E-state index contributed by atoms with van der Waals surface area (Å²) < 4.78 is 15.8. The van der Waals surface area contributed by atoms with Gasteiger partial charge in [-0.25, -0.2) is 0 Å². The first-order valence-electron chi connectivity index (χ1n) is 8.57. The van der Waals surface area contributed by atoms with Crippen molar-refractivity contribution in [1.82, 2.24) is 0 Å². The van der Waals surface area contributed by atoms with E-state index in [9.17, 15) is 9.59 Å². The molecule has 0 bridgehead atoms. The number of carbonyl (C=O) groups is 2. The Hall–Kier alpha value is -2.04. The van der Waals surface area contributed by atoms with Crippen LogP contribution in [0.15, 0.2) is 24.3 Å². The average molecular weight is 336 g/mol. The molecule has 24 heavy (non-hydrogen) atoms. The molecule has 0 aliphatic carbocycles. The largest absolute Gasteiger partial charge is 0.497 e. The molecule has 0 saturated heterocycles. The maximum atomic E-state index is 12.6. The van der Waals surface area contributed by atoms with Crippen LogP contribution in [0.25, 0.3) is 0 Å². The third kappa shape index (κ3) is 4.98. The molecule has 134 valence electrons. The van der Waals surface area contributed by atoms with Gasteiger partial charge < -0.3 is 14.2 Å². The Kier molecular flexibility index (Phi) is 8.30. The van der Waals surface area contributed by atoms with Crippen LogP contribution in [0.4, 0.5) is 0 Å². The average Bonchev–Trinajstić information content (AvgIpc) is 2.61. The number of unbranched alkanes of at least 4 members (excludes halogenated alkanes) is 2. The Balaban J connectivity index is 2.79. The van der Waals surface area contributed by atoms with E-state index in [2.05, 4.69) is 6.92 Å². The van der Waals surface area contributed by atoms with Gasteiger partial charge in [-0.2, -0.15) is 0 Å². The molecule has 0 aromatic heterocycles. The highest BCUT2D eigenvalue weighted by Gasteiger charge is 2.46. The molecule has 5 nitrogen and oxygen atoms in total. The fourth-order valence-electron chi connectivity index (χ4n) is 2.41. The summed E-state index contributed by atoms with van der Waals surface area (Å²) in [5.41, 5.74) is -1.26. The normalized spacial score (nSPS) is 11.0. The summed E-state index contributed by atoms with van der Waals surface area (Å²) in [7, 11) is 1.56. The van der Waals surface area contributed by atoms with Crippen LogP contribution < -0.4 is 9.47 Å². The first-order valence-corrected chi connectivity index (χ1v) is 8.57. The summed E-state index contributed by atoms with van der Waals surface area (Å²) in [6.45, 7) is 6.01. The number of rotatable bonds is 10. The van der Waals surface area contributed by atoms with Crippen molar-refractivity contribution in [1.29, 1.82) is 0 Å². The van der Waals surface area contributed by atoms with Gasteiger partial charge in [-0.1, -0.05) is 33.6 Å². The molecule has 0 aliphatic rings. The quantitative estimate of drug-likeness (QED) is 0.278. The fraction of sp³-hybridized carbons (Fsp3) is 0.579. The van der Waals surface area contributed by atoms with Crippen molar-refractivity contribution in [3.8, 4) is 11.5 Å². The van der Waals surface area contributed by atoms with Crippen LogP contribution in [0.2, 0.25) is 0 Å². The van der Waals surface area contributed by atoms with Crippen LogP contribution in [-0.4, -0.2) is 25.7 Å². The van der Waals surface area contributed by atoms with Gasteiger partial charge in [-0.15, -0.1) is 0 Å². The summed E-state index contributed by atoms with van der Waals surface area (Å²) in [6, 6.07) is 6.68. The van der Waals surface area contributed by atoms with Crippen LogP contribution in [-0.2, 0) is 14.3 Å². The van der Waals surface area contributed by atoms with Crippen molar-refractivity contribution >= 4 is 11.9 Å². The molecule has 0 aliphatic heterocycles. The molecule has 0 fully saturated rings. The van der Waals surface area contributed by atoms with Crippen molar-refractivity contribution in [2.75, 3.05) is 13.7 Å². The minimum atomic E-state index is -1.26. The Morgan fingerprint density at radius 3 is 2.00 bits per heavy atom. The second-order valence-electron chi connectivity index (χ2n) is 5.70. The molecule has 1 aromatic rings. The SMILES string of the molecule is CCCCCOC(=O)C(CC)(CC)C(=O)Oc1ccc(OC)cc1. The minimum Gasteiger partial charge on any atom is -0.497 e. The molecular formula is C19H28O5. The number of hydrogen-bond acceptors (Lipinski definition) is 5. The maximum absolute atomic E-state index is 12.6. The van der Waals surface area contributed by atoms with E-state index in [0.717, 1.165) is 19.3 Å². The molecular weight excluding hydrogens is 308 g/mol. The lowest BCUT2D eigenvalue weighted by atomic mass is 9.82. The summed E-state index contributed by atoms with van der Waals surface area (Å²) in [5.74, 6) is -0.0199. The molecule has 0 spiro atoms. The summed E-state index contributed by atoms with van der Waals surface area (Å²) in [6.07, 6.45) is 3.52. The first kappa shape index (κ1) is 20.0. The van der Waals surface area contributed by atoms with Gasteiger partial charge in [0.15, 0.2) is 5.41 Å². The van der Waals surface area contributed by atoms with E-state index in [4.69, 9.17) is 14.2 Å². The van der Waals surface area contributed by atoms with Crippen LogP contribution >= 0.6 is 0 Å². The van der Waals surface area contributed by atoms with Gasteiger partial charge in [0.1, 0.15) is 11.5 Å². The maximum Gasteiger partial charge on any atom is 0.328 e. The number of esters is 2. The lowest BCUT2D eigenvalue weighted by Gasteiger charge is -2.26. The van der Waals surface area contributed by atoms with Gasteiger partial charge in [0.05, 0.1) is 13.7 Å². The Labute approximate surface area is 144 Å². The highest BCUT2D eigenvalue weighted by atomic mass is 16.6. The van der Waals surface area contributed by atoms with Crippen molar-refractivity contribution in [2.24, 2.45) is 5.41 Å². The number of benzene rings is 1. The smallest absolute Gasteiger partial charge is 0.328 e. The molecule has 0 radical (unpaired) electrons. The van der Waals surface area contributed by atoms with Gasteiger partial charge in [0.2, 0.25) is 0 Å². The zero-order valence-corrected chi connectivity index (χ0v) is 15.1. The zero-order valence-electron chi connectivity index (χ0n) is 15.1. The van der Waals surface area contributed by atoms with Gasteiger partial charge >= 0.3 is 11.9 Å². The molecule has 5 heteroatoms. The number of hydrogen-bond donors (Lipinski definition) is 0. The van der Waals surface area contributed by atoms with Gasteiger partial charge in [0, 0.05) is 0 Å². The van der Waals surface area contributed by atoms with E-state index in [-0.39, 0.29) is 0 Å². The Morgan fingerprint density at radius 1 is 0.917 bits per heavy atom. The summed E-state index contributed by atoms with van der Waals surface area (Å²) >= 11 is 0. The van der Waals surface area contributed by atoms with E-state index in [1.54, 1.807) is 45.2 Å². The predicted octanol–water partition coefficient (Wildman–Crippen LogP) is 4.14. The lowest BCUT2D eigenvalue weighted by molar-refractivity contribution is -0.168. The van der Waals surface area contributed by atoms with E-state index in [1.807, 2.05) is 0 Å². The highest BCUT2D eigenvalue weighted by Crippen LogP contribution is 2.31. The number of ether oxygens (including phenoxy) is 3. The van der Waals surface area contributed by atoms with Crippen LogP contribution in [0.5, 0.6) is 11.5 Å². The second-order valence-corrected chi connectivity index (χ2v) is 5.70. The van der Waals surface area contributed by atoms with E-state index >= 15 is 0 Å². The molecule has 0 heterocycles. The Morgan fingerprint density at radius 2 is 1.50 bits per heavy atom. The molecule has 0 saturated carbocycles. The summed E-state index contributed by atoms with van der Waals surface area (Å²) in [5, 5.41) is 0. The molecule has 1 aromatic carbocycles. The van der Waals surface area contributed by atoms with Crippen molar-refractivity contribution in [3.05, 3.63) is 24.3 Å². The lowest BCUT2D eigenvalue weighted by Crippen LogP contribution is -2.42. The molecule has 1 rings (SSSR count). The van der Waals surface area contributed by atoms with Crippen LogP contribution in [0.3, 0.4) is 0 Å². The van der Waals surface area contributed by atoms with Crippen molar-refractivity contribution in [2.45, 2.75) is 52.9 Å². The van der Waals surface area contributed by atoms with Crippen molar-refractivity contribution < 1.29 is 23.8 Å². The van der Waals surface area contributed by atoms with Crippen LogP contribution in [0, 0.1) is 5.41 Å².